The van der Waals surface area contributed by atoms with Crippen LogP contribution >= 0.6 is 11.3 Å². The van der Waals surface area contributed by atoms with Gasteiger partial charge in [-0.25, -0.2) is 8.42 Å². The quantitative estimate of drug-likeness (QED) is 0.927. The minimum atomic E-state index is -3.33. The predicted molar refractivity (Wildman–Crippen MR) is 79.0 cm³/mol. The Bertz CT molecular complexity index is 551. The molecule has 1 aliphatic rings. The fraction of sp³-hybridized carbons (Fsp3) is 0.692. The van der Waals surface area contributed by atoms with Gasteiger partial charge in [-0.3, -0.25) is 0 Å². The molecule has 1 aliphatic heterocycles. The van der Waals surface area contributed by atoms with E-state index >= 15 is 0 Å². The van der Waals surface area contributed by atoms with Crippen molar-refractivity contribution in [2.45, 2.75) is 44.7 Å². The van der Waals surface area contributed by atoms with E-state index in [1.54, 1.807) is 15.6 Å². The van der Waals surface area contributed by atoms with Gasteiger partial charge in [0.25, 0.3) is 0 Å². The van der Waals surface area contributed by atoms with E-state index in [0.29, 0.717) is 23.9 Å². The van der Waals surface area contributed by atoms with Crippen molar-refractivity contribution in [1.82, 2.24) is 9.62 Å². The Balaban J connectivity index is 2.34. The van der Waals surface area contributed by atoms with Crippen molar-refractivity contribution in [3.05, 3.63) is 15.8 Å². The van der Waals surface area contributed by atoms with Gasteiger partial charge < -0.3 is 5.32 Å². The molecule has 4 nitrogen and oxygen atoms in total. The van der Waals surface area contributed by atoms with Gasteiger partial charge in [0.1, 0.15) is 0 Å². The maximum Gasteiger partial charge on any atom is 0.244 e. The molecule has 0 saturated carbocycles. The van der Waals surface area contributed by atoms with Crippen LogP contribution in [-0.2, 0) is 16.6 Å². The maximum absolute atomic E-state index is 12.7. The van der Waals surface area contributed by atoms with E-state index in [-0.39, 0.29) is 6.04 Å². The summed E-state index contributed by atoms with van der Waals surface area (Å²) in [5, 5.41) is 3.06. The van der Waals surface area contributed by atoms with Gasteiger partial charge in [-0.05, 0) is 39.3 Å². The zero-order chi connectivity index (χ0) is 14.2. The molecule has 2 atom stereocenters. The highest BCUT2D eigenvalue weighted by Crippen LogP contribution is 2.33. The normalized spacial score (nSPS) is 25.1. The molecule has 0 aromatic carbocycles. The first-order valence-electron chi connectivity index (χ1n) is 6.62. The van der Waals surface area contributed by atoms with Crippen LogP contribution in [0.4, 0.5) is 0 Å². The van der Waals surface area contributed by atoms with Gasteiger partial charge >= 0.3 is 0 Å². The first-order valence-corrected chi connectivity index (χ1v) is 8.87. The molecule has 1 N–H and O–H groups in total. The summed E-state index contributed by atoms with van der Waals surface area (Å²) >= 11 is 1.56. The van der Waals surface area contributed by atoms with Crippen molar-refractivity contribution in [2.75, 3.05) is 13.6 Å². The molecule has 108 valence electrons. The number of sulfonamides is 1. The van der Waals surface area contributed by atoms with Crippen molar-refractivity contribution in [1.29, 1.82) is 0 Å². The zero-order valence-corrected chi connectivity index (χ0v) is 13.6. The fourth-order valence-corrected chi connectivity index (χ4v) is 6.14. The third-order valence-electron chi connectivity index (χ3n) is 3.59. The van der Waals surface area contributed by atoms with E-state index < -0.39 is 10.0 Å². The Morgan fingerprint density at radius 3 is 2.68 bits per heavy atom. The number of hydrogen-bond donors (Lipinski definition) is 1. The Hall–Kier alpha value is -0.430. The van der Waals surface area contributed by atoms with Crippen LogP contribution in [0.2, 0.25) is 0 Å². The Kier molecular flexibility index (Phi) is 4.35. The smallest absolute Gasteiger partial charge is 0.244 e. The lowest BCUT2D eigenvalue weighted by Gasteiger charge is -2.20. The van der Waals surface area contributed by atoms with Crippen LogP contribution in [0.5, 0.6) is 0 Å². The second kappa shape index (κ2) is 5.52. The Labute approximate surface area is 119 Å². The van der Waals surface area contributed by atoms with E-state index in [1.165, 1.54) is 0 Å². The summed E-state index contributed by atoms with van der Waals surface area (Å²) in [6.45, 7) is 7.35. The van der Waals surface area contributed by atoms with E-state index in [4.69, 9.17) is 0 Å². The van der Waals surface area contributed by atoms with Crippen molar-refractivity contribution < 1.29 is 8.42 Å². The van der Waals surface area contributed by atoms with E-state index in [2.05, 4.69) is 12.2 Å². The van der Waals surface area contributed by atoms with Crippen LogP contribution in [-0.4, -0.2) is 32.4 Å². The second-order valence-corrected chi connectivity index (χ2v) is 8.63. The van der Waals surface area contributed by atoms with Gasteiger partial charge in [0, 0.05) is 28.9 Å². The van der Waals surface area contributed by atoms with E-state index in [9.17, 15) is 8.42 Å². The van der Waals surface area contributed by atoms with Crippen molar-refractivity contribution in [3.8, 4) is 0 Å². The van der Waals surface area contributed by atoms with Crippen LogP contribution in [0, 0.1) is 12.8 Å². The number of thiophene rings is 1. The standard InChI is InChI=1S/C13H22N2O2S2/c1-9-5-10(2)15(8-9)19(16,17)13-6-12(7-14-4)18-11(13)3/h6,9-10,14H,5,7-8H2,1-4H3. The van der Waals surface area contributed by atoms with Crippen LogP contribution in [0.25, 0.3) is 0 Å². The monoisotopic (exact) mass is 302 g/mol. The molecular weight excluding hydrogens is 280 g/mol. The SMILES string of the molecule is CNCc1cc(S(=O)(=O)N2CC(C)CC2C)c(C)s1. The van der Waals surface area contributed by atoms with Crippen LogP contribution in [0.3, 0.4) is 0 Å². The molecule has 1 aromatic rings. The fourth-order valence-electron chi connectivity index (χ4n) is 2.76. The number of nitrogens with one attached hydrogen (secondary N) is 1. The molecule has 0 radical (unpaired) electrons. The highest BCUT2D eigenvalue weighted by molar-refractivity contribution is 7.89. The molecule has 19 heavy (non-hydrogen) atoms. The lowest BCUT2D eigenvalue weighted by atomic mass is 10.1. The molecule has 0 aliphatic carbocycles. The first kappa shape index (κ1) is 15.0. The van der Waals surface area contributed by atoms with Crippen LogP contribution < -0.4 is 5.32 Å². The number of nitrogens with zero attached hydrogens (tertiary/aromatic N) is 1. The Morgan fingerprint density at radius 1 is 1.47 bits per heavy atom. The molecule has 1 saturated heterocycles. The molecule has 2 rings (SSSR count). The summed E-state index contributed by atoms with van der Waals surface area (Å²) < 4.78 is 27.1. The van der Waals surface area contributed by atoms with Gasteiger partial charge in [-0.1, -0.05) is 6.92 Å². The van der Waals surface area contributed by atoms with Crippen molar-refractivity contribution >= 4 is 21.4 Å². The molecule has 2 unspecified atom stereocenters. The number of rotatable bonds is 4. The van der Waals surface area contributed by atoms with Gasteiger partial charge in [0.15, 0.2) is 0 Å². The summed E-state index contributed by atoms with van der Waals surface area (Å²) in [5.41, 5.74) is 0. The van der Waals surface area contributed by atoms with Crippen molar-refractivity contribution in [3.63, 3.8) is 0 Å². The average Bonchev–Trinajstić information content (AvgIpc) is 2.83. The highest BCUT2D eigenvalue weighted by Gasteiger charge is 2.37. The predicted octanol–water partition coefficient (Wildman–Crippen LogP) is 2.19. The summed E-state index contributed by atoms with van der Waals surface area (Å²) in [5.74, 6) is 0.445. The summed E-state index contributed by atoms with van der Waals surface area (Å²) in [6.07, 6.45) is 0.950. The van der Waals surface area contributed by atoms with Gasteiger partial charge in [-0.2, -0.15) is 4.31 Å². The van der Waals surface area contributed by atoms with Crippen LogP contribution in [0.15, 0.2) is 11.0 Å². The number of aryl methyl sites for hydroxylation is 1. The summed E-state index contributed by atoms with van der Waals surface area (Å²) in [7, 11) is -1.46. The molecule has 6 heteroatoms. The third-order valence-corrected chi connectivity index (χ3v) is 6.87. The molecule has 2 heterocycles. The Morgan fingerprint density at radius 2 is 2.16 bits per heavy atom. The first-order chi connectivity index (χ1) is 8.86. The lowest BCUT2D eigenvalue weighted by Crippen LogP contribution is -2.34. The van der Waals surface area contributed by atoms with Gasteiger partial charge in [-0.15, -0.1) is 11.3 Å². The van der Waals surface area contributed by atoms with Crippen molar-refractivity contribution in [2.24, 2.45) is 5.92 Å². The molecule has 1 fully saturated rings. The van der Waals surface area contributed by atoms with Crippen LogP contribution in [0.1, 0.15) is 30.0 Å². The molecule has 0 bridgehead atoms. The molecular formula is C13H22N2O2S2. The largest absolute Gasteiger partial charge is 0.315 e. The summed E-state index contributed by atoms with van der Waals surface area (Å²) in [4.78, 5) is 2.44. The number of hydrogen-bond acceptors (Lipinski definition) is 4. The lowest BCUT2D eigenvalue weighted by molar-refractivity contribution is 0.405. The second-order valence-electron chi connectivity index (χ2n) is 5.43. The minimum absolute atomic E-state index is 0.104. The minimum Gasteiger partial charge on any atom is -0.315 e. The molecule has 1 aromatic heterocycles. The zero-order valence-electron chi connectivity index (χ0n) is 11.9. The molecule has 0 spiro atoms. The average molecular weight is 302 g/mol. The highest BCUT2D eigenvalue weighted by atomic mass is 32.2. The maximum atomic E-state index is 12.7. The third kappa shape index (κ3) is 2.86. The van der Waals surface area contributed by atoms with E-state index in [1.807, 2.05) is 27.0 Å². The van der Waals surface area contributed by atoms with Gasteiger partial charge in [0.2, 0.25) is 10.0 Å². The van der Waals surface area contributed by atoms with Gasteiger partial charge in [0.05, 0.1) is 4.90 Å². The van der Waals surface area contributed by atoms with E-state index in [0.717, 1.165) is 16.2 Å². The molecule has 0 amide bonds. The summed E-state index contributed by atoms with van der Waals surface area (Å²) in [6, 6.07) is 1.92. The topological polar surface area (TPSA) is 49.4 Å².